The van der Waals surface area contributed by atoms with Crippen molar-refractivity contribution in [1.82, 2.24) is 10.3 Å². The molecule has 1 aliphatic heterocycles. The number of carbonyl (C=O) groups is 1. The van der Waals surface area contributed by atoms with Crippen LogP contribution < -0.4 is 11.1 Å². The summed E-state index contributed by atoms with van der Waals surface area (Å²) in [5.41, 5.74) is 5.81. The highest BCUT2D eigenvalue weighted by molar-refractivity contribution is 6.33. The van der Waals surface area contributed by atoms with E-state index in [1.165, 1.54) is 0 Å². The van der Waals surface area contributed by atoms with E-state index >= 15 is 0 Å². The molecule has 0 aliphatic carbocycles. The summed E-state index contributed by atoms with van der Waals surface area (Å²) in [6, 6.07) is 3.15. The van der Waals surface area contributed by atoms with Gasteiger partial charge in [-0.15, -0.1) is 0 Å². The number of pyridine rings is 1. The quantitative estimate of drug-likeness (QED) is 0.888. The topological polar surface area (TPSA) is 77.2 Å². The van der Waals surface area contributed by atoms with Crippen LogP contribution >= 0.6 is 11.6 Å². The Balaban J connectivity index is 1.99. The van der Waals surface area contributed by atoms with Gasteiger partial charge in [0.25, 0.3) is 5.91 Å². The van der Waals surface area contributed by atoms with E-state index in [1.807, 2.05) is 0 Å². The minimum atomic E-state index is -0.287. The van der Waals surface area contributed by atoms with Crippen molar-refractivity contribution in [1.29, 1.82) is 0 Å². The molecular weight excluding hydrogens is 266 g/mol. The van der Waals surface area contributed by atoms with Crippen LogP contribution in [-0.4, -0.2) is 30.6 Å². The number of nitrogens with zero attached hydrogens (tertiary/aromatic N) is 1. The van der Waals surface area contributed by atoms with Crippen molar-refractivity contribution in [3.05, 3.63) is 22.8 Å². The number of nitrogen functional groups attached to an aromatic ring is 1. The van der Waals surface area contributed by atoms with Crippen molar-refractivity contribution in [3.63, 3.8) is 0 Å². The Morgan fingerprint density at radius 2 is 2.21 bits per heavy atom. The number of amides is 1. The lowest BCUT2D eigenvalue weighted by Gasteiger charge is -2.33. The molecule has 0 unspecified atom stereocenters. The number of hydrogen-bond acceptors (Lipinski definition) is 4. The van der Waals surface area contributed by atoms with Crippen LogP contribution in [0.25, 0.3) is 0 Å². The summed E-state index contributed by atoms with van der Waals surface area (Å²) < 4.78 is 5.33. The Bertz CT molecular complexity index is 473. The molecular formula is C13H18ClN3O2. The number of hydrogen-bond donors (Lipinski definition) is 2. The minimum Gasteiger partial charge on any atom is -0.384 e. The molecule has 2 rings (SSSR count). The average molecular weight is 284 g/mol. The minimum absolute atomic E-state index is 0.0701. The molecule has 1 fully saturated rings. The van der Waals surface area contributed by atoms with E-state index in [1.54, 1.807) is 12.1 Å². The number of nitrogens with two attached hydrogens (primary N) is 1. The molecule has 2 heterocycles. The van der Waals surface area contributed by atoms with E-state index in [4.69, 9.17) is 22.1 Å². The van der Waals surface area contributed by atoms with Gasteiger partial charge in [-0.3, -0.25) is 4.79 Å². The third-order valence-electron chi connectivity index (χ3n) is 3.46. The fraction of sp³-hybridized carbons (Fsp3) is 0.538. The largest absolute Gasteiger partial charge is 0.384 e. The molecule has 0 aromatic carbocycles. The third-order valence-corrected chi connectivity index (χ3v) is 3.76. The predicted molar refractivity (Wildman–Crippen MR) is 74.2 cm³/mol. The van der Waals surface area contributed by atoms with Crippen molar-refractivity contribution < 1.29 is 9.53 Å². The van der Waals surface area contributed by atoms with Crippen LogP contribution in [0.15, 0.2) is 12.1 Å². The molecule has 1 aromatic rings. The number of carbonyl (C=O) groups excluding carboxylic acids is 1. The highest BCUT2D eigenvalue weighted by Gasteiger charge is 2.28. The highest BCUT2D eigenvalue weighted by atomic mass is 35.5. The zero-order valence-electron chi connectivity index (χ0n) is 10.9. The second-order valence-electron chi connectivity index (χ2n) is 5.17. The van der Waals surface area contributed by atoms with Gasteiger partial charge in [0, 0.05) is 19.8 Å². The molecule has 1 aliphatic rings. The van der Waals surface area contributed by atoms with Gasteiger partial charge in [-0.05, 0) is 30.4 Å². The number of halogens is 1. The van der Waals surface area contributed by atoms with E-state index in [0.717, 1.165) is 26.1 Å². The molecule has 1 amide bonds. The highest BCUT2D eigenvalue weighted by Crippen LogP contribution is 2.28. The molecule has 0 saturated carbocycles. The number of aromatic nitrogens is 1. The van der Waals surface area contributed by atoms with Crippen LogP contribution in [0.1, 0.15) is 30.3 Å². The van der Waals surface area contributed by atoms with E-state index in [9.17, 15) is 4.79 Å². The fourth-order valence-corrected chi connectivity index (χ4v) is 2.23. The monoisotopic (exact) mass is 283 g/mol. The van der Waals surface area contributed by atoms with Gasteiger partial charge in [-0.25, -0.2) is 4.98 Å². The van der Waals surface area contributed by atoms with Gasteiger partial charge in [0.05, 0.1) is 5.02 Å². The van der Waals surface area contributed by atoms with Gasteiger partial charge < -0.3 is 15.8 Å². The number of ether oxygens (including phenoxy) is 1. The molecule has 0 spiro atoms. The van der Waals surface area contributed by atoms with Crippen LogP contribution in [0.4, 0.5) is 5.82 Å². The molecule has 0 radical (unpaired) electrons. The van der Waals surface area contributed by atoms with Gasteiger partial charge in [0.15, 0.2) is 0 Å². The summed E-state index contributed by atoms with van der Waals surface area (Å²) in [6.07, 6.45) is 1.87. The number of nitrogens with one attached hydrogen (secondary N) is 1. The summed E-state index contributed by atoms with van der Waals surface area (Å²) in [4.78, 5) is 16.0. The summed E-state index contributed by atoms with van der Waals surface area (Å²) in [7, 11) is 0. The van der Waals surface area contributed by atoms with E-state index in [2.05, 4.69) is 17.2 Å². The molecule has 0 bridgehead atoms. The molecule has 3 N–H and O–H groups in total. The zero-order valence-corrected chi connectivity index (χ0v) is 11.7. The van der Waals surface area contributed by atoms with Gasteiger partial charge in [0.2, 0.25) is 0 Å². The van der Waals surface area contributed by atoms with E-state index in [-0.39, 0.29) is 22.8 Å². The molecule has 104 valence electrons. The maximum absolute atomic E-state index is 12.1. The van der Waals surface area contributed by atoms with E-state index < -0.39 is 0 Å². The molecule has 5 nitrogen and oxygen atoms in total. The van der Waals surface area contributed by atoms with Gasteiger partial charge in [-0.1, -0.05) is 18.5 Å². The Labute approximate surface area is 117 Å². The lowest BCUT2D eigenvalue weighted by atomic mass is 9.82. The van der Waals surface area contributed by atoms with Gasteiger partial charge >= 0.3 is 0 Å². The lowest BCUT2D eigenvalue weighted by Crippen LogP contribution is -2.39. The molecule has 19 heavy (non-hydrogen) atoms. The smallest absolute Gasteiger partial charge is 0.271 e. The summed E-state index contributed by atoms with van der Waals surface area (Å²) in [6.45, 7) is 4.21. The Morgan fingerprint density at radius 3 is 2.89 bits per heavy atom. The van der Waals surface area contributed by atoms with Crippen molar-refractivity contribution >= 4 is 23.3 Å². The molecule has 1 saturated heterocycles. The first-order chi connectivity index (χ1) is 9.00. The SMILES string of the molecule is CC1(CNC(=O)c2nc(N)ccc2Cl)CCOCC1. The Kier molecular flexibility index (Phi) is 4.27. The first-order valence-electron chi connectivity index (χ1n) is 6.28. The normalized spacial score (nSPS) is 18.0. The van der Waals surface area contributed by atoms with Crippen LogP contribution in [-0.2, 0) is 4.74 Å². The van der Waals surface area contributed by atoms with Crippen molar-refractivity contribution in [2.75, 3.05) is 25.5 Å². The lowest BCUT2D eigenvalue weighted by molar-refractivity contribution is 0.0238. The Hall–Kier alpha value is -1.33. The Morgan fingerprint density at radius 1 is 1.53 bits per heavy atom. The maximum Gasteiger partial charge on any atom is 0.271 e. The van der Waals surface area contributed by atoms with Crippen molar-refractivity contribution in [3.8, 4) is 0 Å². The maximum atomic E-state index is 12.1. The first kappa shape index (κ1) is 14.1. The summed E-state index contributed by atoms with van der Waals surface area (Å²) in [5, 5.41) is 3.19. The van der Waals surface area contributed by atoms with Crippen molar-refractivity contribution in [2.24, 2.45) is 5.41 Å². The van der Waals surface area contributed by atoms with E-state index in [0.29, 0.717) is 11.6 Å². The van der Waals surface area contributed by atoms with Gasteiger partial charge in [-0.2, -0.15) is 0 Å². The van der Waals surface area contributed by atoms with Crippen molar-refractivity contribution in [2.45, 2.75) is 19.8 Å². The molecule has 0 atom stereocenters. The second-order valence-corrected chi connectivity index (χ2v) is 5.58. The first-order valence-corrected chi connectivity index (χ1v) is 6.66. The predicted octanol–water partition coefficient (Wildman–Crippen LogP) is 1.86. The van der Waals surface area contributed by atoms with Crippen LogP contribution in [0, 0.1) is 5.41 Å². The number of rotatable bonds is 3. The zero-order chi connectivity index (χ0) is 13.9. The number of anilines is 1. The standard InChI is InChI=1S/C13H18ClN3O2/c1-13(4-6-19-7-5-13)8-16-12(18)11-9(14)2-3-10(15)17-11/h2-3H,4-8H2,1H3,(H2,15,17)(H,16,18). The fourth-order valence-electron chi connectivity index (χ4n) is 2.03. The third kappa shape index (κ3) is 3.58. The second kappa shape index (κ2) is 5.75. The summed E-state index contributed by atoms with van der Waals surface area (Å²) >= 11 is 5.95. The van der Waals surface area contributed by atoms with Crippen LogP contribution in [0.5, 0.6) is 0 Å². The van der Waals surface area contributed by atoms with Crippen LogP contribution in [0.3, 0.4) is 0 Å². The molecule has 1 aromatic heterocycles. The molecule has 6 heteroatoms. The van der Waals surface area contributed by atoms with Crippen LogP contribution in [0.2, 0.25) is 5.02 Å². The average Bonchev–Trinajstić information content (AvgIpc) is 2.40. The van der Waals surface area contributed by atoms with Gasteiger partial charge in [0.1, 0.15) is 11.5 Å². The summed E-state index contributed by atoms with van der Waals surface area (Å²) in [5.74, 6) is -0.00292.